The summed E-state index contributed by atoms with van der Waals surface area (Å²) in [4.78, 5) is 18.8. The van der Waals surface area contributed by atoms with E-state index in [-0.39, 0.29) is 5.56 Å². The second kappa shape index (κ2) is 7.12. The molecule has 0 atom stereocenters. The molecule has 0 unspecified atom stereocenters. The van der Waals surface area contributed by atoms with E-state index in [9.17, 15) is 4.79 Å². The van der Waals surface area contributed by atoms with Gasteiger partial charge < -0.3 is 0 Å². The van der Waals surface area contributed by atoms with Crippen molar-refractivity contribution in [2.75, 3.05) is 13.1 Å². The van der Waals surface area contributed by atoms with Crippen LogP contribution < -0.4 is 5.56 Å². The number of hydrogen-bond acceptors (Lipinski definition) is 4. The summed E-state index contributed by atoms with van der Waals surface area (Å²) in [5, 5.41) is 7.83. The number of H-pyrrole nitrogens is 1. The third-order valence-electron chi connectivity index (χ3n) is 5.75. The Morgan fingerprint density at radius 3 is 2.88 bits per heavy atom. The molecule has 134 valence electrons. The number of likely N-dealkylation sites (tertiary alicyclic amines) is 1. The van der Waals surface area contributed by atoms with Gasteiger partial charge in [0, 0.05) is 30.5 Å². The van der Waals surface area contributed by atoms with Crippen molar-refractivity contribution >= 4 is 0 Å². The zero-order chi connectivity index (χ0) is 17.2. The number of nitrogens with zero attached hydrogens (tertiary/aromatic N) is 4. The highest BCUT2D eigenvalue weighted by atomic mass is 16.1. The highest BCUT2D eigenvalue weighted by Crippen LogP contribution is 2.25. The molecule has 6 nitrogen and oxygen atoms in total. The maximum Gasteiger partial charge on any atom is 0.256 e. The molecule has 0 spiro atoms. The Morgan fingerprint density at radius 1 is 1.24 bits per heavy atom. The third-order valence-corrected chi connectivity index (χ3v) is 5.75. The van der Waals surface area contributed by atoms with Gasteiger partial charge in [0.25, 0.3) is 5.56 Å². The van der Waals surface area contributed by atoms with E-state index in [1.165, 1.54) is 36.2 Å². The minimum atomic E-state index is 0.0978. The van der Waals surface area contributed by atoms with Crippen molar-refractivity contribution in [3.05, 3.63) is 45.4 Å². The number of piperidine rings is 1. The molecule has 0 radical (unpaired) electrons. The van der Waals surface area contributed by atoms with Crippen LogP contribution in [0.3, 0.4) is 0 Å². The molecule has 1 saturated heterocycles. The number of fused-ring (bicyclic) bond motifs is 1. The lowest BCUT2D eigenvalue weighted by molar-refractivity contribution is 0.164. The first-order chi connectivity index (χ1) is 12.2. The molecule has 0 bridgehead atoms. The quantitative estimate of drug-likeness (QED) is 0.924. The van der Waals surface area contributed by atoms with E-state index in [4.69, 9.17) is 0 Å². The number of rotatable bonds is 4. The molecular formula is C19H27N5O. The summed E-state index contributed by atoms with van der Waals surface area (Å²) in [6, 6.07) is 0. The van der Waals surface area contributed by atoms with Gasteiger partial charge in [0.1, 0.15) is 0 Å². The summed E-state index contributed by atoms with van der Waals surface area (Å²) in [5.41, 5.74) is 4.92. The zero-order valence-electron chi connectivity index (χ0n) is 15.0. The Balaban J connectivity index is 1.33. The van der Waals surface area contributed by atoms with Gasteiger partial charge in [0.15, 0.2) is 0 Å². The van der Waals surface area contributed by atoms with Crippen LogP contribution >= 0.6 is 0 Å². The number of nitrogens with one attached hydrogen (secondary N) is 1. The van der Waals surface area contributed by atoms with Crippen molar-refractivity contribution < 1.29 is 0 Å². The molecule has 1 N–H and O–H groups in total. The van der Waals surface area contributed by atoms with Crippen molar-refractivity contribution in [3.8, 4) is 0 Å². The van der Waals surface area contributed by atoms with Crippen LogP contribution in [-0.4, -0.2) is 37.7 Å². The Kier molecular flexibility index (Phi) is 4.70. The Hall–Kier alpha value is -1.95. The molecule has 1 aliphatic carbocycles. The summed E-state index contributed by atoms with van der Waals surface area (Å²) in [5.74, 6) is 0.561. The molecule has 25 heavy (non-hydrogen) atoms. The van der Waals surface area contributed by atoms with Gasteiger partial charge in [-0.3, -0.25) is 19.4 Å². The first kappa shape index (κ1) is 16.5. The fourth-order valence-corrected chi connectivity index (χ4v) is 4.19. The standard InChI is InChI=1S/C19H27N5O/c1-14-10-20-13-24(19(14)25)11-15-6-8-23(9-7-15)12-18-16-4-2-3-5-17(16)21-22-18/h10,13,15H,2-9,11-12H2,1H3,(H,21,22). The zero-order valence-corrected chi connectivity index (χ0v) is 15.0. The summed E-state index contributed by atoms with van der Waals surface area (Å²) >= 11 is 0. The maximum atomic E-state index is 12.2. The lowest BCUT2D eigenvalue weighted by Crippen LogP contribution is -2.36. The van der Waals surface area contributed by atoms with Crippen LogP contribution in [0.4, 0.5) is 0 Å². The summed E-state index contributed by atoms with van der Waals surface area (Å²) in [6.07, 6.45) is 10.5. The lowest BCUT2D eigenvalue weighted by atomic mass is 9.94. The van der Waals surface area contributed by atoms with Gasteiger partial charge in [0.2, 0.25) is 0 Å². The molecule has 1 fully saturated rings. The van der Waals surface area contributed by atoms with Crippen molar-refractivity contribution in [1.29, 1.82) is 0 Å². The van der Waals surface area contributed by atoms with Gasteiger partial charge in [0.05, 0.1) is 12.0 Å². The number of aryl methyl sites for hydroxylation is 2. The molecule has 2 aliphatic rings. The average molecular weight is 341 g/mol. The van der Waals surface area contributed by atoms with Gasteiger partial charge in [-0.15, -0.1) is 0 Å². The second-order valence-corrected chi connectivity index (χ2v) is 7.59. The first-order valence-corrected chi connectivity index (χ1v) is 9.49. The van der Waals surface area contributed by atoms with Gasteiger partial charge in [-0.1, -0.05) is 0 Å². The van der Waals surface area contributed by atoms with E-state index in [0.717, 1.165) is 51.0 Å². The van der Waals surface area contributed by atoms with Crippen molar-refractivity contribution in [3.63, 3.8) is 0 Å². The largest absolute Gasteiger partial charge is 0.299 e. The predicted molar refractivity (Wildman–Crippen MR) is 96.5 cm³/mol. The van der Waals surface area contributed by atoms with Crippen LogP contribution in [-0.2, 0) is 25.9 Å². The Bertz CT molecular complexity index is 785. The normalized spacial score (nSPS) is 19.1. The number of hydrogen-bond donors (Lipinski definition) is 1. The maximum absolute atomic E-state index is 12.2. The van der Waals surface area contributed by atoms with E-state index in [2.05, 4.69) is 20.1 Å². The molecule has 6 heteroatoms. The van der Waals surface area contributed by atoms with E-state index in [0.29, 0.717) is 5.92 Å². The van der Waals surface area contributed by atoms with E-state index >= 15 is 0 Å². The van der Waals surface area contributed by atoms with Crippen molar-refractivity contribution in [1.82, 2.24) is 24.6 Å². The fourth-order valence-electron chi connectivity index (χ4n) is 4.19. The minimum absolute atomic E-state index is 0.0978. The first-order valence-electron chi connectivity index (χ1n) is 9.49. The van der Waals surface area contributed by atoms with Crippen LogP contribution in [0.2, 0.25) is 0 Å². The van der Waals surface area contributed by atoms with Crippen LogP contribution in [0.15, 0.2) is 17.3 Å². The average Bonchev–Trinajstić information content (AvgIpc) is 3.04. The van der Waals surface area contributed by atoms with E-state index in [1.807, 2.05) is 6.92 Å². The molecule has 0 amide bonds. The van der Waals surface area contributed by atoms with E-state index in [1.54, 1.807) is 17.1 Å². The monoisotopic (exact) mass is 341 g/mol. The Morgan fingerprint density at radius 2 is 2.04 bits per heavy atom. The van der Waals surface area contributed by atoms with Crippen LogP contribution in [0.5, 0.6) is 0 Å². The van der Waals surface area contributed by atoms with Gasteiger partial charge in [-0.05, 0) is 70.0 Å². The smallest absolute Gasteiger partial charge is 0.256 e. The highest BCUT2D eigenvalue weighted by Gasteiger charge is 2.23. The van der Waals surface area contributed by atoms with Gasteiger partial charge in [-0.25, -0.2) is 4.98 Å². The molecular weight excluding hydrogens is 314 g/mol. The molecule has 3 heterocycles. The molecule has 0 aromatic carbocycles. The molecule has 0 saturated carbocycles. The summed E-state index contributed by atoms with van der Waals surface area (Å²) in [7, 11) is 0. The van der Waals surface area contributed by atoms with Crippen LogP contribution in [0.25, 0.3) is 0 Å². The third kappa shape index (κ3) is 3.54. The highest BCUT2D eigenvalue weighted by molar-refractivity contribution is 5.27. The molecule has 2 aromatic heterocycles. The van der Waals surface area contributed by atoms with Crippen molar-refractivity contribution in [2.24, 2.45) is 5.92 Å². The van der Waals surface area contributed by atoms with E-state index < -0.39 is 0 Å². The summed E-state index contributed by atoms with van der Waals surface area (Å²) < 4.78 is 1.78. The molecule has 1 aliphatic heterocycles. The summed E-state index contributed by atoms with van der Waals surface area (Å²) in [6.45, 7) is 5.75. The fraction of sp³-hybridized carbons (Fsp3) is 0.632. The topological polar surface area (TPSA) is 66.8 Å². The number of aromatic nitrogens is 4. The molecule has 4 rings (SSSR count). The van der Waals surface area contributed by atoms with Crippen LogP contribution in [0, 0.1) is 12.8 Å². The Labute approximate surface area is 148 Å². The molecule has 2 aromatic rings. The van der Waals surface area contributed by atoms with Crippen molar-refractivity contribution in [2.45, 2.75) is 58.5 Å². The predicted octanol–water partition coefficient (Wildman–Crippen LogP) is 2.07. The van der Waals surface area contributed by atoms with Crippen LogP contribution in [0.1, 0.15) is 48.2 Å². The van der Waals surface area contributed by atoms with Gasteiger partial charge >= 0.3 is 0 Å². The number of aromatic amines is 1. The second-order valence-electron chi connectivity index (χ2n) is 7.59. The SMILES string of the molecule is Cc1cncn(CC2CCN(Cc3n[nH]c4c3CCCC4)CC2)c1=O. The van der Waals surface area contributed by atoms with Gasteiger partial charge in [-0.2, -0.15) is 5.10 Å². The lowest BCUT2D eigenvalue weighted by Gasteiger charge is -2.32. The minimum Gasteiger partial charge on any atom is -0.299 e.